The number of nitrogens with one attached hydrogen (secondary N) is 1. The number of hydrogen-bond acceptors (Lipinski definition) is 3. The molecule has 1 N–H and O–H groups in total. The smallest absolute Gasteiger partial charge is 0.115 e. The first-order valence-corrected chi connectivity index (χ1v) is 5.86. The average molecular weight is 218 g/mol. The summed E-state index contributed by atoms with van der Waals surface area (Å²) in [5.74, 6) is 0. The predicted molar refractivity (Wildman–Crippen MR) is 65.3 cm³/mol. The monoisotopic (exact) mass is 218 g/mol. The molecule has 0 aliphatic heterocycles. The van der Waals surface area contributed by atoms with Crippen molar-refractivity contribution in [2.24, 2.45) is 0 Å². The lowest BCUT2D eigenvalue weighted by Crippen LogP contribution is -2.05. The van der Waals surface area contributed by atoms with E-state index >= 15 is 0 Å². The number of aromatic nitrogens is 1. The third-order valence-corrected chi connectivity index (χ3v) is 3.18. The maximum atomic E-state index is 4.29. The summed E-state index contributed by atoms with van der Waals surface area (Å²) in [7, 11) is 0. The summed E-state index contributed by atoms with van der Waals surface area (Å²) in [5.41, 5.74) is 2.42. The fourth-order valence-corrected chi connectivity index (χ4v) is 2.14. The van der Waals surface area contributed by atoms with Crippen LogP contribution < -0.4 is 5.32 Å². The molecule has 15 heavy (non-hydrogen) atoms. The lowest BCUT2D eigenvalue weighted by Gasteiger charge is -2.12. The van der Waals surface area contributed by atoms with Crippen LogP contribution in [0.1, 0.15) is 23.5 Å². The molecule has 0 bridgehead atoms. The fourth-order valence-electron chi connectivity index (χ4n) is 1.49. The van der Waals surface area contributed by atoms with Gasteiger partial charge < -0.3 is 5.32 Å². The van der Waals surface area contributed by atoms with Gasteiger partial charge in [0.1, 0.15) is 5.01 Å². The van der Waals surface area contributed by atoms with Gasteiger partial charge >= 0.3 is 0 Å². The van der Waals surface area contributed by atoms with E-state index in [1.807, 2.05) is 11.6 Å². The van der Waals surface area contributed by atoms with Gasteiger partial charge in [0.25, 0.3) is 0 Å². The van der Waals surface area contributed by atoms with Crippen molar-refractivity contribution in [3.8, 4) is 0 Å². The SMILES string of the molecule is Cc1cccc(N[C@H](C)c2nccs2)c1. The van der Waals surface area contributed by atoms with Crippen LogP contribution in [-0.2, 0) is 0 Å². The number of nitrogens with zero attached hydrogens (tertiary/aromatic N) is 1. The van der Waals surface area contributed by atoms with Crippen LogP contribution in [0.4, 0.5) is 5.69 Å². The van der Waals surface area contributed by atoms with Crippen molar-refractivity contribution in [3.63, 3.8) is 0 Å². The van der Waals surface area contributed by atoms with Crippen LogP contribution in [0.3, 0.4) is 0 Å². The molecule has 1 heterocycles. The van der Waals surface area contributed by atoms with E-state index in [1.54, 1.807) is 11.3 Å². The summed E-state index contributed by atoms with van der Waals surface area (Å²) < 4.78 is 0. The van der Waals surface area contributed by atoms with E-state index < -0.39 is 0 Å². The Kier molecular flexibility index (Phi) is 3.02. The van der Waals surface area contributed by atoms with E-state index in [4.69, 9.17) is 0 Å². The van der Waals surface area contributed by atoms with Crippen molar-refractivity contribution >= 4 is 17.0 Å². The third kappa shape index (κ3) is 2.57. The van der Waals surface area contributed by atoms with Crippen molar-refractivity contribution in [1.82, 2.24) is 4.98 Å². The van der Waals surface area contributed by atoms with Crippen molar-refractivity contribution in [2.45, 2.75) is 19.9 Å². The standard InChI is InChI=1S/C12H14N2S/c1-9-4-3-5-11(8-9)14-10(2)12-13-6-7-15-12/h3-8,10,14H,1-2H3/t10-/m1/s1. The zero-order valence-electron chi connectivity index (χ0n) is 8.90. The van der Waals surface area contributed by atoms with E-state index in [-0.39, 0.29) is 6.04 Å². The fraction of sp³-hybridized carbons (Fsp3) is 0.250. The minimum Gasteiger partial charge on any atom is -0.376 e. The molecular formula is C12H14N2S. The highest BCUT2D eigenvalue weighted by Gasteiger charge is 2.06. The predicted octanol–water partition coefficient (Wildman–Crippen LogP) is 3.62. The summed E-state index contributed by atoms with van der Waals surface area (Å²) in [5, 5.41) is 6.56. The average Bonchev–Trinajstić information content (AvgIpc) is 2.70. The quantitative estimate of drug-likeness (QED) is 0.851. The number of anilines is 1. The zero-order valence-corrected chi connectivity index (χ0v) is 9.71. The van der Waals surface area contributed by atoms with Gasteiger partial charge in [0.2, 0.25) is 0 Å². The lowest BCUT2D eigenvalue weighted by molar-refractivity contribution is 0.869. The Morgan fingerprint density at radius 3 is 2.93 bits per heavy atom. The normalized spacial score (nSPS) is 12.4. The Hall–Kier alpha value is -1.35. The van der Waals surface area contributed by atoms with Crippen LogP contribution in [0, 0.1) is 6.92 Å². The molecule has 0 unspecified atom stereocenters. The molecule has 3 heteroatoms. The van der Waals surface area contributed by atoms with Crippen LogP contribution in [-0.4, -0.2) is 4.98 Å². The molecule has 2 nitrogen and oxygen atoms in total. The number of rotatable bonds is 3. The second-order valence-electron chi connectivity index (χ2n) is 3.61. The minimum atomic E-state index is 0.270. The van der Waals surface area contributed by atoms with Gasteiger partial charge in [-0.3, -0.25) is 0 Å². The largest absolute Gasteiger partial charge is 0.376 e. The highest BCUT2D eigenvalue weighted by atomic mass is 32.1. The van der Waals surface area contributed by atoms with E-state index in [9.17, 15) is 0 Å². The maximum absolute atomic E-state index is 4.29. The molecule has 2 rings (SSSR count). The van der Waals surface area contributed by atoms with Crippen LogP contribution >= 0.6 is 11.3 Å². The second kappa shape index (κ2) is 4.45. The molecule has 1 aromatic carbocycles. The summed E-state index contributed by atoms with van der Waals surface area (Å²) >= 11 is 1.68. The van der Waals surface area contributed by atoms with E-state index in [1.165, 1.54) is 5.56 Å². The lowest BCUT2D eigenvalue weighted by atomic mass is 10.2. The van der Waals surface area contributed by atoms with Crippen LogP contribution in [0.2, 0.25) is 0 Å². The molecule has 0 radical (unpaired) electrons. The summed E-state index contributed by atoms with van der Waals surface area (Å²) in [4.78, 5) is 4.29. The molecule has 0 fully saturated rings. The van der Waals surface area contributed by atoms with Gasteiger partial charge in [0.05, 0.1) is 6.04 Å². The first-order chi connectivity index (χ1) is 7.25. The molecule has 78 valence electrons. The molecule has 0 aliphatic rings. The van der Waals surface area contributed by atoms with Gasteiger partial charge in [0, 0.05) is 17.3 Å². The molecule has 1 atom stereocenters. The Balaban J connectivity index is 2.09. The first-order valence-electron chi connectivity index (χ1n) is 4.98. The third-order valence-electron chi connectivity index (χ3n) is 2.22. The van der Waals surface area contributed by atoms with Crippen molar-refractivity contribution in [1.29, 1.82) is 0 Å². The Bertz CT molecular complexity index is 423. The zero-order chi connectivity index (χ0) is 10.7. The van der Waals surface area contributed by atoms with Crippen molar-refractivity contribution in [2.75, 3.05) is 5.32 Å². The molecule has 0 saturated carbocycles. The van der Waals surface area contributed by atoms with Gasteiger partial charge in [-0.15, -0.1) is 11.3 Å². The van der Waals surface area contributed by atoms with Gasteiger partial charge in [-0.25, -0.2) is 4.98 Å². The summed E-state index contributed by atoms with van der Waals surface area (Å²) in [6.07, 6.45) is 1.84. The molecule has 0 spiro atoms. The van der Waals surface area contributed by atoms with Crippen LogP contribution in [0.25, 0.3) is 0 Å². The highest BCUT2D eigenvalue weighted by molar-refractivity contribution is 7.09. The first kappa shape index (κ1) is 10.2. The van der Waals surface area contributed by atoms with Crippen molar-refractivity contribution in [3.05, 3.63) is 46.4 Å². The molecule has 0 saturated heterocycles. The molecule has 2 aromatic rings. The Morgan fingerprint density at radius 2 is 2.27 bits per heavy atom. The highest BCUT2D eigenvalue weighted by Crippen LogP contribution is 2.21. The maximum Gasteiger partial charge on any atom is 0.115 e. The molecule has 1 aromatic heterocycles. The van der Waals surface area contributed by atoms with Gasteiger partial charge in [-0.1, -0.05) is 12.1 Å². The minimum absolute atomic E-state index is 0.270. The van der Waals surface area contributed by atoms with E-state index in [0.29, 0.717) is 0 Å². The summed E-state index contributed by atoms with van der Waals surface area (Å²) in [6, 6.07) is 8.65. The number of aryl methyl sites for hydroxylation is 1. The second-order valence-corrected chi connectivity index (χ2v) is 4.53. The van der Waals surface area contributed by atoms with E-state index in [2.05, 4.69) is 48.4 Å². The molecule has 0 aliphatic carbocycles. The molecule has 0 amide bonds. The van der Waals surface area contributed by atoms with Gasteiger partial charge in [0.15, 0.2) is 0 Å². The number of thiazole rings is 1. The number of hydrogen-bond donors (Lipinski definition) is 1. The topological polar surface area (TPSA) is 24.9 Å². The van der Waals surface area contributed by atoms with Gasteiger partial charge in [-0.05, 0) is 31.5 Å². The number of benzene rings is 1. The Morgan fingerprint density at radius 1 is 1.40 bits per heavy atom. The summed E-state index contributed by atoms with van der Waals surface area (Å²) in [6.45, 7) is 4.22. The van der Waals surface area contributed by atoms with Crippen LogP contribution in [0.15, 0.2) is 35.8 Å². The van der Waals surface area contributed by atoms with Crippen LogP contribution in [0.5, 0.6) is 0 Å². The molecular weight excluding hydrogens is 204 g/mol. The Labute approximate surface area is 94.0 Å². The van der Waals surface area contributed by atoms with E-state index in [0.717, 1.165) is 10.7 Å². The van der Waals surface area contributed by atoms with Crippen molar-refractivity contribution < 1.29 is 0 Å². The van der Waals surface area contributed by atoms with Gasteiger partial charge in [-0.2, -0.15) is 0 Å².